The van der Waals surface area contributed by atoms with Crippen LogP contribution in [0.3, 0.4) is 0 Å². The van der Waals surface area contributed by atoms with Gasteiger partial charge in [-0.25, -0.2) is 4.79 Å². The molecule has 25 heavy (non-hydrogen) atoms. The van der Waals surface area contributed by atoms with Gasteiger partial charge in [-0.15, -0.1) is 0 Å². The molecule has 0 heterocycles. The first-order valence-electron chi connectivity index (χ1n) is 8.31. The molecule has 0 saturated carbocycles. The Morgan fingerprint density at radius 2 is 1.72 bits per heavy atom. The van der Waals surface area contributed by atoms with Crippen molar-refractivity contribution in [3.05, 3.63) is 65.7 Å². The van der Waals surface area contributed by atoms with Crippen LogP contribution in [0.25, 0.3) is 0 Å². The standard InChI is InChI=1S/C20H26N2O3/c1-20(2,16-7-5-4-6-8-16)14-22-19(24)21-13-18(23)15-9-11-17(25-3)12-10-15/h4-12,18,23H,13-14H2,1-3H3,(H2,21,22,24). The Bertz CT molecular complexity index is 669. The molecule has 2 aromatic carbocycles. The third-order valence-corrected chi connectivity index (χ3v) is 4.20. The van der Waals surface area contributed by atoms with Crippen molar-refractivity contribution in [2.75, 3.05) is 20.2 Å². The molecular formula is C20H26N2O3. The van der Waals surface area contributed by atoms with Gasteiger partial charge < -0.3 is 20.5 Å². The van der Waals surface area contributed by atoms with Crippen molar-refractivity contribution in [3.63, 3.8) is 0 Å². The highest BCUT2D eigenvalue weighted by molar-refractivity contribution is 5.74. The minimum atomic E-state index is -0.765. The SMILES string of the molecule is COc1ccc(C(O)CNC(=O)NCC(C)(C)c2ccccc2)cc1. The number of hydrogen-bond donors (Lipinski definition) is 3. The van der Waals surface area contributed by atoms with Crippen LogP contribution in [0, 0.1) is 0 Å². The van der Waals surface area contributed by atoms with Crippen molar-refractivity contribution in [1.29, 1.82) is 0 Å². The van der Waals surface area contributed by atoms with Crippen LogP contribution < -0.4 is 15.4 Å². The summed E-state index contributed by atoms with van der Waals surface area (Å²) in [4.78, 5) is 12.0. The second kappa shape index (κ2) is 8.53. The van der Waals surface area contributed by atoms with Gasteiger partial charge in [0.05, 0.1) is 13.2 Å². The van der Waals surface area contributed by atoms with Gasteiger partial charge in [0.2, 0.25) is 0 Å². The topological polar surface area (TPSA) is 70.6 Å². The van der Waals surface area contributed by atoms with E-state index in [9.17, 15) is 9.90 Å². The van der Waals surface area contributed by atoms with E-state index in [0.29, 0.717) is 6.54 Å². The average Bonchev–Trinajstić information content (AvgIpc) is 2.65. The molecule has 1 unspecified atom stereocenters. The molecule has 5 heteroatoms. The van der Waals surface area contributed by atoms with Crippen LogP contribution in [-0.2, 0) is 5.41 Å². The van der Waals surface area contributed by atoms with Crippen LogP contribution in [-0.4, -0.2) is 31.3 Å². The number of ether oxygens (including phenoxy) is 1. The van der Waals surface area contributed by atoms with E-state index in [1.807, 2.05) is 30.3 Å². The third kappa shape index (κ3) is 5.50. The van der Waals surface area contributed by atoms with Crippen LogP contribution in [0.15, 0.2) is 54.6 Å². The second-order valence-corrected chi connectivity index (χ2v) is 6.60. The summed E-state index contributed by atoms with van der Waals surface area (Å²) < 4.78 is 5.09. The van der Waals surface area contributed by atoms with Crippen LogP contribution in [0.5, 0.6) is 5.75 Å². The Morgan fingerprint density at radius 3 is 2.32 bits per heavy atom. The Labute approximate surface area is 149 Å². The summed E-state index contributed by atoms with van der Waals surface area (Å²) in [5.41, 5.74) is 1.71. The fraction of sp³-hybridized carbons (Fsp3) is 0.350. The zero-order valence-corrected chi connectivity index (χ0v) is 15.0. The van der Waals surface area contributed by atoms with Gasteiger partial charge in [0.1, 0.15) is 5.75 Å². The molecule has 2 rings (SSSR count). The van der Waals surface area contributed by atoms with Gasteiger partial charge in [0.25, 0.3) is 0 Å². The van der Waals surface area contributed by atoms with Crippen molar-refractivity contribution < 1.29 is 14.6 Å². The van der Waals surface area contributed by atoms with Gasteiger partial charge in [-0.05, 0) is 23.3 Å². The first-order chi connectivity index (χ1) is 11.9. The lowest BCUT2D eigenvalue weighted by molar-refractivity contribution is 0.172. The van der Waals surface area contributed by atoms with Crippen molar-refractivity contribution in [3.8, 4) is 5.75 Å². The van der Waals surface area contributed by atoms with E-state index >= 15 is 0 Å². The van der Waals surface area contributed by atoms with E-state index < -0.39 is 6.10 Å². The van der Waals surface area contributed by atoms with Crippen LogP contribution in [0.1, 0.15) is 31.1 Å². The zero-order valence-electron chi connectivity index (χ0n) is 15.0. The number of aliphatic hydroxyl groups excluding tert-OH is 1. The normalized spacial score (nSPS) is 12.3. The van der Waals surface area contributed by atoms with E-state index in [1.165, 1.54) is 0 Å². The largest absolute Gasteiger partial charge is 0.497 e. The molecule has 0 spiro atoms. The number of benzene rings is 2. The maximum absolute atomic E-state index is 12.0. The molecule has 134 valence electrons. The van der Waals surface area contributed by atoms with E-state index in [1.54, 1.807) is 31.4 Å². The highest BCUT2D eigenvalue weighted by Crippen LogP contribution is 2.21. The maximum Gasteiger partial charge on any atom is 0.314 e. The molecule has 0 aliphatic carbocycles. The van der Waals surface area contributed by atoms with Gasteiger partial charge in [-0.1, -0.05) is 56.3 Å². The molecule has 1 atom stereocenters. The molecule has 5 nitrogen and oxygen atoms in total. The Morgan fingerprint density at radius 1 is 1.08 bits per heavy atom. The average molecular weight is 342 g/mol. The highest BCUT2D eigenvalue weighted by Gasteiger charge is 2.21. The van der Waals surface area contributed by atoms with Gasteiger partial charge in [0.15, 0.2) is 0 Å². The number of nitrogens with one attached hydrogen (secondary N) is 2. The van der Waals surface area contributed by atoms with Gasteiger partial charge in [0, 0.05) is 18.5 Å². The fourth-order valence-electron chi connectivity index (χ4n) is 2.49. The predicted molar refractivity (Wildman–Crippen MR) is 98.8 cm³/mol. The van der Waals surface area contributed by atoms with Crippen LogP contribution in [0.4, 0.5) is 4.79 Å². The Balaban J connectivity index is 1.80. The Hall–Kier alpha value is -2.53. The summed E-state index contributed by atoms with van der Waals surface area (Å²) >= 11 is 0. The number of hydrogen-bond acceptors (Lipinski definition) is 3. The molecule has 2 aromatic rings. The molecule has 2 amide bonds. The summed E-state index contributed by atoms with van der Waals surface area (Å²) in [6, 6.07) is 16.9. The maximum atomic E-state index is 12.0. The quantitative estimate of drug-likeness (QED) is 0.724. The summed E-state index contributed by atoms with van der Waals surface area (Å²) in [5.74, 6) is 0.727. The Kier molecular flexibility index (Phi) is 6.42. The molecule has 0 radical (unpaired) electrons. The molecule has 0 fully saturated rings. The molecule has 0 aromatic heterocycles. The number of urea groups is 1. The van der Waals surface area contributed by atoms with Crippen molar-refractivity contribution in [2.45, 2.75) is 25.4 Å². The van der Waals surface area contributed by atoms with Crippen molar-refractivity contribution >= 4 is 6.03 Å². The number of rotatable bonds is 7. The lowest BCUT2D eigenvalue weighted by atomic mass is 9.85. The van der Waals surface area contributed by atoms with E-state index in [0.717, 1.165) is 16.9 Å². The monoisotopic (exact) mass is 342 g/mol. The first-order valence-corrected chi connectivity index (χ1v) is 8.31. The van der Waals surface area contributed by atoms with Crippen LogP contribution in [0.2, 0.25) is 0 Å². The highest BCUT2D eigenvalue weighted by atomic mass is 16.5. The number of carbonyl (C=O) groups is 1. The molecular weight excluding hydrogens is 316 g/mol. The van der Waals surface area contributed by atoms with Gasteiger partial charge in [-0.3, -0.25) is 0 Å². The number of amides is 2. The van der Waals surface area contributed by atoms with Gasteiger partial charge in [-0.2, -0.15) is 0 Å². The number of methoxy groups -OCH3 is 1. The third-order valence-electron chi connectivity index (χ3n) is 4.20. The summed E-state index contributed by atoms with van der Waals surface area (Å²) in [6.45, 7) is 4.80. The summed E-state index contributed by atoms with van der Waals surface area (Å²) in [6.07, 6.45) is -0.765. The lowest BCUT2D eigenvalue weighted by Crippen LogP contribution is -2.43. The van der Waals surface area contributed by atoms with Crippen molar-refractivity contribution in [2.24, 2.45) is 0 Å². The number of aliphatic hydroxyl groups is 1. The number of carbonyl (C=O) groups excluding carboxylic acids is 1. The molecule has 0 aliphatic heterocycles. The minimum Gasteiger partial charge on any atom is -0.497 e. The van der Waals surface area contributed by atoms with Crippen LogP contribution >= 0.6 is 0 Å². The van der Waals surface area contributed by atoms with E-state index in [2.05, 4.69) is 24.5 Å². The van der Waals surface area contributed by atoms with E-state index in [4.69, 9.17) is 4.74 Å². The molecule has 3 N–H and O–H groups in total. The summed E-state index contributed by atoms with van der Waals surface area (Å²) in [7, 11) is 1.59. The van der Waals surface area contributed by atoms with E-state index in [-0.39, 0.29) is 18.0 Å². The molecule has 0 bridgehead atoms. The fourth-order valence-corrected chi connectivity index (χ4v) is 2.49. The molecule has 0 aliphatic rings. The molecule has 0 saturated heterocycles. The minimum absolute atomic E-state index is 0.143. The van der Waals surface area contributed by atoms with Gasteiger partial charge >= 0.3 is 6.03 Å². The zero-order chi connectivity index (χ0) is 18.3. The second-order valence-electron chi connectivity index (χ2n) is 6.60. The lowest BCUT2D eigenvalue weighted by Gasteiger charge is -2.25. The smallest absolute Gasteiger partial charge is 0.314 e. The van der Waals surface area contributed by atoms with Crippen molar-refractivity contribution in [1.82, 2.24) is 10.6 Å². The first kappa shape index (κ1) is 18.8. The summed E-state index contributed by atoms with van der Waals surface area (Å²) in [5, 5.41) is 15.7. The predicted octanol–water partition coefficient (Wildman–Crippen LogP) is 3.01.